The minimum Gasteiger partial charge on any atom is -0.384 e. The Morgan fingerprint density at radius 2 is 2.19 bits per heavy atom. The van der Waals surface area contributed by atoms with Gasteiger partial charge in [0.15, 0.2) is 0 Å². The van der Waals surface area contributed by atoms with Gasteiger partial charge in [-0.15, -0.1) is 0 Å². The maximum Gasteiger partial charge on any atom is 0.240 e. The second-order valence-electron chi connectivity index (χ2n) is 5.10. The predicted molar refractivity (Wildman–Crippen MR) is 81.2 cm³/mol. The van der Waals surface area contributed by atoms with E-state index in [1.165, 1.54) is 25.0 Å². The number of hydrogen-bond acceptors (Lipinski definition) is 4. The van der Waals surface area contributed by atoms with E-state index in [1.54, 1.807) is 12.1 Å². The van der Waals surface area contributed by atoms with Crippen LogP contribution in [-0.4, -0.2) is 51.2 Å². The van der Waals surface area contributed by atoms with Crippen LogP contribution in [0.4, 0.5) is 0 Å². The molecule has 6 heteroatoms. The van der Waals surface area contributed by atoms with E-state index in [0.717, 1.165) is 0 Å². The van der Waals surface area contributed by atoms with E-state index >= 15 is 0 Å². The normalized spacial score (nSPS) is 14.8. The molecule has 0 aliphatic heterocycles. The molecule has 1 aromatic rings. The highest BCUT2D eigenvalue weighted by Crippen LogP contribution is 2.24. The molecule has 0 radical (unpaired) electrons. The first-order valence-electron chi connectivity index (χ1n) is 6.92. The number of sulfonamides is 1. The van der Waals surface area contributed by atoms with Crippen LogP contribution in [-0.2, 0) is 10.0 Å². The van der Waals surface area contributed by atoms with Crippen molar-refractivity contribution in [1.82, 2.24) is 9.62 Å². The molecule has 5 nitrogen and oxygen atoms in total. The highest BCUT2D eigenvalue weighted by atomic mass is 32.2. The molecule has 1 aliphatic carbocycles. The first kappa shape index (κ1) is 16.0. The lowest BCUT2D eigenvalue weighted by molar-refractivity contribution is 0.329. The van der Waals surface area contributed by atoms with Crippen LogP contribution in [0.15, 0.2) is 29.2 Å². The number of rotatable bonds is 6. The van der Waals surface area contributed by atoms with Gasteiger partial charge in [0.25, 0.3) is 0 Å². The van der Waals surface area contributed by atoms with Crippen molar-refractivity contribution >= 4 is 10.0 Å². The Bertz CT molecular complexity index is 642. The molecule has 114 valence electrons. The third-order valence-corrected chi connectivity index (χ3v) is 4.84. The van der Waals surface area contributed by atoms with Gasteiger partial charge < -0.3 is 10.0 Å². The van der Waals surface area contributed by atoms with Gasteiger partial charge in [0.05, 0.1) is 4.90 Å². The number of aliphatic hydroxyl groups excluding tert-OH is 1. The molecule has 0 unspecified atom stereocenters. The topological polar surface area (TPSA) is 69.6 Å². The van der Waals surface area contributed by atoms with Crippen molar-refractivity contribution in [2.75, 3.05) is 26.7 Å². The maximum absolute atomic E-state index is 12.2. The molecular weight excluding hydrogens is 288 g/mol. The summed E-state index contributed by atoms with van der Waals surface area (Å²) in [5.41, 5.74) is 0.571. The predicted octanol–water partition coefficient (Wildman–Crippen LogP) is 0.403. The van der Waals surface area contributed by atoms with Crippen LogP contribution in [0.25, 0.3) is 0 Å². The Labute approximate surface area is 126 Å². The van der Waals surface area contributed by atoms with Crippen molar-refractivity contribution in [3.8, 4) is 11.8 Å². The molecule has 0 aromatic heterocycles. The van der Waals surface area contributed by atoms with Gasteiger partial charge in [-0.25, -0.2) is 13.1 Å². The molecule has 0 bridgehead atoms. The molecular formula is C15H20N2O3S. The Morgan fingerprint density at radius 1 is 1.43 bits per heavy atom. The Balaban J connectivity index is 1.97. The van der Waals surface area contributed by atoms with Gasteiger partial charge in [0.1, 0.15) is 6.61 Å². The SMILES string of the molecule is CN(CCNS(=O)(=O)c1cccc(C#CCO)c1)C1CC1. The first-order valence-corrected chi connectivity index (χ1v) is 8.41. The van der Waals surface area contributed by atoms with Gasteiger partial charge >= 0.3 is 0 Å². The van der Waals surface area contributed by atoms with Crippen molar-refractivity contribution < 1.29 is 13.5 Å². The van der Waals surface area contributed by atoms with E-state index < -0.39 is 10.0 Å². The number of nitrogens with one attached hydrogen (secondary N) is 1. The lowest BCUT2D eigenvalue weighted by atomic mass is 10.2. The molecule has 2 N–H and O–H groups in total. The standard InChI is InChI=1S/C15H20N2O3S/c1-17(14-7-8-14)10-9-16-21(19,20)15-6-2-4-13(12-15)5-3-11-18/h2,4,6,12,14,16,18H,7-11H2,1H3. The van der Waals surface area contributed by atoms with Gasteiger partial charge in [-0.05, 0) is 38.1 Å². The monoisotopic (exact) mass is 308 g/mol. The minimum absolute atomic E-state index is 0.196. The molecule has 0 heterocycles. The molecule has 1 fully saturated rings. The van der Waals surface area contributed by atoms with Crippen LogP contribution < -0.4 is 4.72 Å². The van der Waals surface area contributed by atoms with Crippen molar-refractivity contribution in [3.63, 3.8) is 0 Å². The van der Waals surface area contributed by atoms with E-state index in [9.17, 15) is 8.42 Å². The van der Waals surface area contributed by atoms with Crippen LogP contribution in [0.1, 0.15) is 18.4 Å². The quantitative estimate of drug-likeness (QED) is 0.747. The fourth-order valence-electron chi connectivity index (χ4n) is 2.02. The molecule has 0 spiro atoms. The molecule has 0 saturated heterocycles. The lowest BCUT2D eigenvalue weighted by Crippen LogP contribution is -2.34. The Hall–Kier alpha value is -1.39. The van der Waals surface area contributed by atoms with E-state index in [2.05, 4.69) is 21.5 Å². The number of benzene rings is 1. The van der Waals surface area contributed by atoms with Crippen LogP contribution >= 0.6 is 0 Å². The first-order chi connectivity index (χ1) is 10.0. The highest BCUT2D eigenvalue weighted by Gasteiger charge is 2.25. The average molecular weight is 308 g/mol. The molecule has 0 atom stereocenters. The second kappa shape index (κ2) is 7.05. The Morgan fingerprint density at radius 3 is 2.86 bits per heavy atom. The number of aliphatic hydroxyl groups is 1. The van der Waals surface area contributed by atoms with E-state index in [0.29, 0.717) is 24.7 Å². The number of likely N-dealkylation sites (N-methyl/N-ethyl adjacent to an activating group) is 1. The molecule has 1 aliphatic rings. The van der Waals surface area contributed by atoms with Crippen LogP contribution in [0.2, 0.25) is 0 Å². The summed E-state index contributed by atoms with van der Waals surface area (Å²) in [7, 11) is -1.50. The summed E-state index contributed by atoms with van der Waals surface area (Å²) in [4.78, 5) is 2.37. The van der Waals surface area contributed by atoms with Crippen LogP contribution in [0.3, 0.4) is 0 Å². The Kier molecular flexibility index (Phi) is 5.37. The fourth-order valence-corrected chi connectivity index (χ4v) is 3.09. The van der Waals surface area contributed by atoms with Crippen molar-refractivity contribution in [2.45, 2.75) is 23.8 Å². The lowest BCUT2D eigenvalue weighted by Gasteiger charge is -2.15. The zero-order chi connectivity index (χ0) is 15.3. The van der Waals surface area contributed by atoms with Gasteiger partial charge in [0, 0.05) is 24.7 Å². The zero-order valence-corrected chi connectivity index (χ0v) is 12.9. The molecule has 0 amide bonds. The minimum atomic E-state index is -3.52. The summed E-state index contributed by atoms with van der Waals surface area (Å²) in [6, 6.07) is 7.02. The highest BCUT2D eigenvalue weighted by molar-refractivity contribution is 7.89. The number of hydrogen-bond donors (Lipinski definition) is 2. The number of nitrogens with zero attached hydrogens (tertiary/aromatic N) is 1. The van der Waals surface area contributed by atoms with Crippen molar-refractivity contribution in [1.29, 1.82) is 0 Å². The third-order valence-electron chi connectivity index (χ3n) is 3.38. The second-order valence-corrected chi connectivity index (χ2v) is 6.86. The summed E-state index contributed by atoms with van der Waals surface area (Å²) in [5.74, 6) is 5.21. The van der Waals surface area contributed by atoms with E-state index in [-0.39, 0.29) is 11.5 Å². The third kappa shape index (κ3) is 4.83. The fraction of sp³-hybridized carbons (Fsp3) is 0.467. The van der Waals surface area contributed by atoms with Gasteiger partial charge in [-0.3, -0.25) is 0 Å². The summed E-state index contributed by atoms with van der Waals surface area (Å²) < 4.78 is 27.0. The summed E-state index contributed by atoms with van der Waals surface area (Å²) in [5, 5.41) is 8.67. The van der Waals surface area contributed by atoms with Gasteiger partial charge in [-0.2, -0.15) is 0 Å². The van der Waals surface area contributed by atoms with Crippen LogP contribution in [0.5, 0.6) is 0 Å². The molecule has 1 saturated carbocycles. The largest absolute Gasteiger partial charge is 0.384 e. The maximum atomic E-state index is 12.2. The molecule has 21 heavy (non-hydrogen) atoms. The van der Waals surface area contributed by atoms with E-state index in [1.807, 2.05) is 7.05 Å². The summed E-state index contributed by atoms with van der Waals surface area (Å²) in [6.07, 6.45) is 2.41. The summed E-state index contributed by atoms with van der Waals surface area (Å²) >= 11 is 0. The smallest absolute Gasteiger partial charge is 0.240 e. The van der Waals surface area contributed by atoms with Crippen molar-refractivity contribution in [2.24, 2.45) is 0 Å². The van der Waals surface area contributed by atoms with Gasteiger partial charge in [-0.1, -0.05) is 17.9 Å². The van der Waals surface area contributed by atoms with E-state index in [4.69, 9.17) is 5.11 Å². The van der Waals surface area contributed by atoms with Crippen LogP contribution in [0, 0.1) is 11.8 Å². The summed E-state index contributed by atoms with van der Waals surface area (Å²) in [6.45, 7) is 0.846. The van der Waals surface area contributed by atoms with Gasteiger partial charge in [0.2, 0.25) is 10.0 Å². The zero-order valence-electron chi connectivity index (χ0n) is 12.0. The molecule has 1 aromatic carbocycles. The molecule has 2 rings (SSSR count). The average Bonchev–Trinajstić information content (AvgIpc) is 3.30. The van der Waals surface area contributed by atoms with Crippen molar-refractivity contribution in [3.05, 3.63) is 29.8 Å².